The number of carbonyl (C=O) groups excluding carboxylic acids is 1. The molecule has 0 N–H and O–H groups in total. The molecular weight excluding hydrogens is 548 g/mol. The zero-order valence-corrected chi connectivity index (χ0v) is 24.0. The molecule has 5 rings (SSSR count). The van der Waals surface area contributed by atoms with E-state index in [4.69, 9.17) is 21.1 Å². The number of nitrogens with zero attached hydrogens (tertiary/aromatic N) is 2. The van der Waals surface area contributed by atoms with E-state index in [1.54, 1.807) is 50.1 Å². The zero-order valence-electron chi connectivity index (χ0n) is 21.6. The van der Waals surface area contributed by atoms with Crippen molar-refractivity contribution in [2.45, 2.75) is 31.3 Å². The molecule has 0 saturated heterocycles. The summed E-state index contributed by atoms with van der Waals surface area (Å²) in [4.78, 5) is 14.4. The third-order valence-corrected chi connectivity index (χ3v) is 7.94. The van der Waals surface area contributed by atoms with Crippen molar-refractivity contribution in [3.05, 3.63) is 94.8 Å². The zero-order chi connectivity index (χ0) is 27.6. The predicted molar refractivity (Wildman–Crippen MR) is 159 cm³/mol. The van der Waals surface area contributed by atoms with E-state index in [9.17, 15) is 10.1 Å². The van der Waals surface area contributed by atoms with Gasteiger partial charge in [-0.15, -0.1) is 11.3 Å². The molecule has 0 unspecified atom stereocenters. The summed E-state index contributed by atoms with van der Waals surface area (Å²) in [5.74, 6) is -0.160. The number of nitriles is 1. The molecule has 0 aliphatic rings. The quantitative estimate of drug-likeness (QED) is 0.182. The standard InChI is InChI=1S/C31H25ClN2O3S2/c1-31(2,3)37-28(35)19-36-26-11-6-9-22(24(26)18-33)29-23-8-4-5-10-25(23)34(30(29)27-12-7-17-38-27)39-21-15-13-20(32)14-16-21/h4-17H,19H2,1-3H3. The molecule has 0 aliphatic carbocycles. The summed E-state index contributed by atoms with van der Waals surface area (Å²) >= 11 is 9.37. The van der Waals surface area contributed by atoms with Crippen LogP contribution in [0.1, 0.15) is 26.3 Å². The summed E-state index contributed by atoms with van der Waals surface area (Å²) in [6.45, 7) is 5.11. The van der Waals surface area contributed by atoms with E-state index in [2.05, 4.69) is 28.2 Å². The summed E-state index contributed by atoms with van der Waals surface area (Å²) in [7, 11) is 0. The number of halogens is 1. The van der Waals surface area contributed by atoms with Crippen LogP contribution in [0, 0.1) is 11.3 Å². The molecule has 5 aromatic rings. The van der Waals surface area contributed by atoms with Gasteiger partial charge < -0.3 is 9.47 Å². The number of fused-ring (bicyclic) bond motifs is 1. The van der Waals surface area contributed by atoms with Crippen LogP contribution in [0.5, 0.6) is 5.75 Å². The van der Waals surface area contributed by atoms with Crippen LogP contribution in [0.2, 0.25) is 5.02 Å². The average molecular weight is 573 g/mol. The van der Waals surface area contributed by atoms with Crippen molar-refractivity contribution in [2.24, 2.45) is 0 Å². The summed E-state index contributed by atoms with van der Waals surface area (Å²) in [5, 5.41) is 14.0. The lowest BCUT2D eigenvalue weighted by Crippen LogP contribution is -2.27. The van der Waals surface area contributed by atoms with E-state index >= 15 is 0 Å². The van der Waals surface area contributed by atoms with E-state index in [-0.39, 0.29) is 6.61 Å². The van der Waals surface area contributed by atoms with Crippen molar-refractivity contribution in [2.75, 3.05) is 6.61 Å². The smallest absolute Gasteiger partial charge is 0.344 e. The van der Waals surface area contributed by atoms with Crippen LogP contribution in [-0.4, -0.2) is 22.1 Å². The molecule has 0 radical (unpaired) electrons. The minimum atomic E-state index is -0.625. The SMILES string of the molecule is CC(C)(C)OC(=O)COc1cccc(-c2c(-c3cccs3)n(Sc3ccc(Cl)cc3)c3ccccc23)c1C#N. The number of esters is 1. The Balaban J connectivity index is 1.67. The lowest BCUT2D eigenvalue weighted by molar-refractivity contribution is -0.157. The van der Waals surface area contributed by atoms with Crippen molar-refractivity contribution in [3.63, 3.8) is 0 Å². The van der Waals surface area contributed by atoms with Crippen LogP contribution in [-0.2, 0) is 9.53 Å². The molecule has 0 fully saturated rings. The van der Waals surface area contributed by atoms with Gasteiger partial charge >= 0.3 is 5.97 Å². The van der Waals surface area contributed by atoms with Crippen LogP contribution in [0.15, 0.2) is 89.1 Å². The van der Waals surface area contributed by atoms with Gasteiger partial charge in [0.25, 0.3) is 0 Å². The Morgan fingerprint density at radius 1 is 1.03 bits per heavy atom. The molecule has 0 aliphatic heterocycles. The molecule has 3 aromatic carbocycles. The molecule has 196 valence electrons. The van der Waals surface area contributed by atoms with Crippen molar-refractivity contribution < 1.29 is 14.3 Å². The topological polar surface area (TPSA) is 64.2 Å². The predicted octanol–water partition coefficient (Wildman–Crippen LogP) is 8.84. The van der Waals surface area contributed by atoms with Crippen LogP contribution in [0.3, 0.4) is 0 Å². The molecule has 8 heteroatoms. The fraction of sp³-hybridized carbons (Fsp3) is 0.161. The maximum atomic E-state index is 12.3. The summed E-state index contributed by atoms with van der Waals surface area (Å²) in [5.41, 5.74) is 3.38. The normalized spacial score (nSPS) is 11.4. The number of para-hydroxylation sites is 1. The van der Waals surface area contributed by atoms with Gasteiger partial charge in [-0.25, -0.2) is 4.79 Å². The fourth-order valence-electron chi connectivity index (χ4n) is 4.30. The number of thiophene rings is 1. The van der Waals surface area contributed by atoms with E-state index < -0.39 is 11.6 Å². The molecule has 39 heavy (non-hydrogen) atoms. The minimum Gasteiger partial charge on any atom is -0.480 e. The monoisotopic (exact) mass is 572 g/mol. The number of ether oxygens (including phenoxy) is 2. The lowest BCUT2D eigenvalue weighted by Gasteiger charge is -2.19. The van der Waals surface area contributed by atoms with Crippen molar-refractivity contribution in [3.8, 4) is 33.5 Å². The molecule has 2 aromatic heterocycles. The fourth-order valence-corrected chi connectivity index (χ4v) is 6.26. The van der Waals surface area contributed by atoms with Crippen LogP contribution < -0.4 is 4.74 Å². The number of carbonyl (C=O) groups is 1. The first-order valence-electron chi connectivity index (χ1n) is 12.2. The third kappa shape index (κ3) is 5.84. The number of benzene rings is 3. The second kappa shape index (κ2) is 11.2. The van der Waals surface area contributed by atoms with Gasteiger partial charge in [-0.05, 0) is 80.6 Å². The summed E-state index contributed by atoms with van der Waals surface area (Å²) < 4.78 is 13.4. The molecule has 0 spiro atoms. The van der Waals surface area contributed by atoms with Crippen LogP contribution in [0.25, 0.3) is 32.6 Å². The first kappa shape index (κ1) is 26.9. The van der Waals surface area contributed by atoms with Crippen molar-refractivity contribution in [1.82, 2.24) is 3.97 Å². The Bertz CT molecular complexity index is 1680. The highest BCUT2D eigenvalue weighted by molar-refractivity contribution is 7.98. The van der Waals surface area contributed by atoms with E-state index in [1.165, 1.54) is 0 Å². The lowest BCUT2D eigenvalue weighted by atomic mass is 9.96. The number of hydrogen-bond acceptors (Lipinski definition) is 6. The van der Waals surface area contributed by atoms with E-state index in [0.717, 1.165) is 37.5 Å². The second-order valence-corrected chi connectivity index (χ2v) is 12.1. The first-order valence-corrected chi connectivity index (χ1v) is 14.3. The van der Waals surface area contributed by atoms with Gasteiger partial charge in [0, 0.05) is 26.4 Å². The number of rotatable bonds is 7. The highest BCUT2D eigenvalue weighted by Gasteiger charge is 2.25. The molecule has 0 amide bonds. The van der Waals surface area contributed by atoms with E-state index in [0.29, 0.717) is 16.3 Å². The Labute approximate surface area is 240 Å². The van der Waals surface area contributed by atoms with Crippen molar-refractivity contribution >= 4 is 51.8 Å². The molecular formula is C31H25ClN2O3S2. The van der Waals surface area contributed by atoms with Crippen LogP contribution >= 0.6 is 34.9 Å². The number of aromatic nitrogens is 1. The second-order valence-electron chi connectivity index (χ2n) is 9.72. The Hall–Kier alpha value is -3.70. The molecule has 5 nitrogen and oxygen atoms in total. The van der Waals surface area contributed by atoms with Crippen molar-refractivity contribution in [1.29, 1.82) is 5.26 Å². The van der Waals surface area contributed by atoms with E-state index in [1.807, 2.05) is 60.0 Å². The highest BCUT2D eigenvalue weighted by atomic mass is 35.5. The maximum Gasteiger partial charge on any atom is 0.344 e. The van der Waals surface area contributed by atoms with Crippen LogP contribution in [0.4, 0.5) is 0 Å². The molecule has 0 saturated carbocycles. The van der Waals surface area contributed by atoms with Gasteiger partial charge in [-0.3, -0.25) is 3.97 Å². The van der Waals surface area contributed by atoms with Gasteiger partial charge in [-0.1, -0.05) is 48.0 Å². The van der Waals surface area contributed by atoms with Gasteiger partial charge in [0.2, 0.25) is 0 Å². The Morgan fingerprint density at radius 3 is 2.49 bits per heavy atom. The molecule has 0 bridgehead atoms. The highest BCUT2D eigenvalue weighted by Crippen LogP contribution is 2.47. The molecule has 0 atom stereocenters. The van der Waals surface area contributed by atoms with Gasteiger partial charge in [-0.2, -0.15) is 5.26 Å². The molecule has 2 heterocycles. The average Bonchev–Trinajstić information content (AvgIpc) is 3.54. The Kier molecular flexibility index (Phi) is 7.72. The summed E-state index contributed by atoms with van der Waals surface area (Å²) in [6.07, 6.45) is 0. The first-order chi connectivity index (χ1) is 18.7. The van der Waals surface area contributed by atoms with Gasteiger partial charge in [0.1, 0.15) is 23.0 Å². The summed E-state index contributed by atoms with van der Waals surface area (Å²) in [6, 6.07) is 27.8. The van der Waals surface area contributed by atoms with Gasteiger partial charge in [0.15, 0.2) is 6.61 Å². The minimum absolute atomic E-state index is 0.290. The maximum absolute atomic E-state index is 12.3. The number of hydrogen-bond donors (Lipinski definition) is 0. The third-order valence-electron chi connectivity index (χ3n) is 5.77. The van der Waals surface area contributed by atoms with Gasteiger partial charge in [0.05, 0.1) is 16.1 Å². The largest absolute Gasteiger partial charge is 0.480 e. The Morgan fingerprint density at radius 2 is 1.79 bits per heavy atom.